The summed E-state index contributed by atoms with van der Waals surface area (Å²) < 4.78 is 13.1. The number of halogens is 1. The number of ketones is 1. The second-order valence-electron chi connectivity index (χ2n) is 4.62. The van der Waals surface area contributed by atoms with Crippen LogP contribution in [0.15, 0.2) is 29.8 Å². The Hall–Kier alpha value is -2.01. The van der Waals surface area contributed by atoms with Gasteiger partial charge in [0.25, 0.3) is 0 Å². The molecule has 0 atom stereocenters. The highest BCUT2D eigenvalue weighted by molar-refractivity contribution is 7.12. The molecule has 102 valence electrons. The van der Waals surface area contributed by atoms with E-state index in [1.165, 1.54) is 23.5 Å². The van der Waals surface area contributed by atoms with E-state index in [1.54, 1.807) is 12.3 Å². The van der Waals surface area contributed by atoms with Crippen LogP contribution >= 0.6 is 11.3 Å². The first kappa shape index (κ1) is 13.0. The lowest BCUT2D eigenvalue weighted by molar-refractivity contribution is 0.104. The van der Waals surface area contributed by atoms with Crippen LogP contribution in [0.25, 0.3) is 10.9 Å². The zero-order valence-corrected chi connectivity index (χ0v) is 11.8. The molecule has 0 fully saturated rings. The van der Waals surface area contributed by atoms with Crippen molar-refractivity contribution in [3.05, 3.63) is 51.9 Å². The van der Waals surface area contributed by atoms with E-state index in [4.69, 9.17) is 0 Å². The van der Waals surface area contributed by atoms with E-state index in [0.717, 1.165) is 23.9 Å². The Morgan fingerprint density at radius 2 is 2.30 bits per heavy atom. The third kappa shape index (κ3) is 2.25. The molecule has 0 saturated carbocycles. The lowest BCUT2D eigenvalue weighted by atomic mass is 10.1. The lowest BCUT2D eigenvalue weighted by Gasteiger charge is -1.96. The quantitative estimate of drug-likeness (QED) is 0.739. The normalized spacial score (nSPS) is 11.1. The molecule has 5 heteroatoms. The van der Waals surface area contributed by atoms with Gasteiger partial charge in [0.1, 0.15) is 5.82 Å². The SMILES string of the molecule is CCCc1csc(C(=O)c2c[nH]c3cc(F)ccc23)n1. The van der Waals surface area contributed by atoms with Crippen LogP contribution in [0.4, 0.5) is 4.39 Å². The Morgan fingerprint density at radius 3 is 3.10 bits per heavy atom. The van der Waals surface area contributed by atoms with E-state index in [1.807, 2.05) is 5.38 Å². The maximum Gasteiger partial charge on any atom is 0.223 e. The van der Waals surface area contributed by atoms with E-state index in [0.29, 0.717) is 16.1 Å². The number of carbonyl (C=O) groups is 1. The van der Waals surface area contributed by atoms with Gasteiger partial charge in [0.05, 0.1) is 11.3 Å². The van der Waals surface area contributed by atoms with E-state index >= 15 is 0 Å². The summed E-state index contributed by atoms with van der Waals surface area (Å²) in [5.74, 6) is -0.437. The Bertz CT molecular complexity index is 775. The standard InChI is InChI=1S/C15H13FN2OS/c1-2-3-10-8-20-15(18-10)14(19)12-7-17-13-6-9(16)4-5-11(12)13/h4-8,17H,2-3H2,1H3. The Morgan fingerprint density at radius 1 is 1.45 bits per heavy atom. The molecule has 20 heavy (non-hydrogen) atoms. The van der Waals surface area contributed by atoms with Crippen molar-refractivity contribution in [3.8, 4) is 0 Å². The summed E-state index contributed by atoms with van der Waals surface area (Å²) in [4.78, 5) is 19.7. The minimum absolute atomic E-state index is 0.116. The summed E-state index contributed by atoms with van der Waals surface area (Å²) in [5, 5.41) is 3.13. The van der Waals surface area contributed by atoms with Gasteiger partial charge in [-0.3, -0.25) is 4.79 Å². The van der Waals surface area contributed by atoms with E-state index < -0.39 is 0 Å². The van der Waals surface area contributed by atoms with Crippen molar-refractivity contribution in [1.29, 1.82) is 0 Å². The number of nitrogens with zero attached hydrogens (tertiary/aromatic N) is 1. The molecule has 0 amide bonds. The molecular weight excluding hydrogens is 275 g/mol. The van der Waals surface area contributed by atoms with Crippen molar-refractivity contribution in [2.75, 3.05) is 0 Å². The Kier molecular flexibility index (Phi) is 3.36. The number of hydrogen-bond acceptors (Lipinski definition) is 3. The molecule has 0 aliphatic heterocycles. The molecule has 3 aromatic rings. The third-order valence-corrected chi connectivity index (χ3v) is 4.03. The van der Waals surface area contributed by atoms with Gasteiger partial charge in [-0.15, -0.1) is 11.3 Å². The predicted octanol–water partition coefficient (Wildman–Crippen LogP) is 3.95. The summed E-state index contributed by atoms with van der Waals surface area (Å²) >= 11 is 1.36. The smallest absolute Gasteiger partial charge is 0.223 e. The molecule has 0 saturated heterocycles. The first-order chi connectivity index (χ1) is 9.69. The van der Waals surface area contributed by atoms with Crippen LogP contribution in [0.5, 0.6) is 0 Å². The number of aryl methyl sites for hydroxylation is 1. The van der Waals surface area contributed by atoms with Gasteiger partial charge in [0.2, 0.25) is 5.78 Å². The Labute approximate surface area is 119 Å². The predicted molar refractivity (Wildman–Crippen MR) is 77.8 cm³/mol. The summed E-state index contributed by atoms with van der Waals surface area (Å²) in [6, 6.07) is 4.36. The lowest BCUT2D eigenvalue weighted by Crippen LogP contribution is -2.00. The zero-order valence-electron chi connectivity index (χ0n) is 10.9. The number of hydrogen-bond donors (Lipinski definition) is 1. The number of aromatic amines is 1. The molecule has 1 aromatic carbocycles. The first-order valence-corrected chi connectivity index (χ1v) is 7.32. The molecular formula is C15H13FN2OS. The molecule has 2 aromatic heterocycles. The molecule has 0 bridgehead atoms. The van der Waals surface area contributed by atoms with Crippen LogP contribution in [0.1, 0.15) is 34.4 Å². The van der Waals surface area contributed by atoms with Crippen LogP contribution in [-0.4, -0.2) is 15.8 Å². The minimum atomic E-state index is -0.321. The summed E-state index contributed by atoms with van der Waals surface area (Å²) in [6.45, 7) is 2.08. The summed E-state index contributed by atoms with van der Waals surface area (Å²) in [6.07, 6.45) is 3.50. The zero-order chi connectivity index (χ0) is 14.1. The number of thiazole rings is 1. The highest BCUT2D eigenvalue weighted by atomic mass is 32.1. The molecule has 0 radical (unpaired) electrons. The number of aromatic nitrogens is 2. The van der Waals surface area contributed by atoms with Gasteiger partial charge in [0.15, 0.2) is 5.01 Å². The van der Waals surface area contributed by atoms with Crippen molar-refractivity contribution in [2.45, 2.75) is 19.8 Å². The summed E-state index contributed by atoms with van der Waals surface area (Å²) in [7, 11) is 0. The first-order valence-electron chi connectivity index (χ1n) is 6.44. The number of rotatable bonds is 4. The number of H-pyrrole nitrogens is 1. The summed E-state index contributed by atoms with van der Waals surface area (Å²) in [5.41, 5.74) is 2.11. The number of fused-ring (bicyclic) bond motifs is 1. The van der Waals surface area contributed by atoms with Gasteiger partial charge in [-0.25, -0.2) is 9.37 Å². The van der Waals surface area contributed by atoms with Crippen molar-refractivity contribution in [3.63, 3.8) is 0 Å². The van der Waals surface area contributed by atoms with Crippen molar-refractivity contribution in [1.82, 2.24) is 9.97 Å². The second-order valence-corrected chi connectivity index (χ2v) is 5.47. The fourth-order valence-corrected chi connectivity index (χ4v) is 2.99. The van der Waals surface area contributed by atoms with E-state index in [9.17, 15) is 9.18 Å². The van der Waals surface area contributed by atoms with Gasteiger partial charge in [0, 0.05) is 22.5 Å². The molecule has 1 N–H and O–H groups in total. The molecule has 0 unspecified atom stereocenters. The van der Waals surface area contributed by atoms with Gasteiger partial charge < -0.3 is 4.98 Å². The van der Waals surface area contributed by atoms with Gasteiger partial charge in [-0.05, 0) is 24.6 Å². The molecule has 3 nitrogen and oxygen atoms in total. The molecule has 0 spiro atoms. The highest BCUT2D eigenvalue weighted by Gasteiger charge is 2.17. The number of carbonyl (C=O) groups excluding carboxylic acids is 1. The largest absolute Gasteiger partial charge is 0.360 e. The fourth-order valence-electron chi connectivity index (χ4n) is 2.18. The topological polar surface area (TPSA) is 45.8 Å². The van der Waals surface area contributed by atoms with E-state index in [2.05, 4.69) is 16.9 Å². The van der Waals surface area contributed by atoms with Crippen molar-refractivity contribution in [2.24, 2.45) is 0 Å². The second kappa shape index (κ2) is 5.17. The average Bonchev–Trinajstić information content (AvgIpc) is 3.04. The minimum Gasteiger partial charge on any atom is -0.360 e. The van der Waals surface area contributed by atoms with Crippen LogP contribution in [0, 0.1) is 5.82 Å². The number of benzene rings is 1. The monoisotopic (exact) mass is 288 g/mol. The van der Waals surface area contributed by atoms with E-state index in [-0.39, 0.29) is 11.6 Å². The highest BCUT2D eigenvalue weighted by Crippen LogP contribution is 2.23. The van der Waals surface area contributed by atoms with Gasteiger partial charge >= 0.3 is 0 Å². The fraction of sp³-hybridized carbons (Fsp3) is 0.200. The van der Waals surface area contributed by atoms with Gasteiger partial charge in [-0.1, -0.05) is 13.3 Å². The van der Waals surface area contributed by atoms with Gasteiger partial charge in [-0.2, -0.15) is 0 Å². The number of nitrogens with one attached hydrogen (secondary N) is 1. The third-order valence-electron chi connectivity index (χ3n) is 3.14. The molecule has 3 rings (SSSR count). The molecule has 0 aliphatic carbocycles. The maximum atomic E-state index is 13.1. The van der Waals surface area contributed by atoms with Crippen molar-refractivity contribution >= 4 is 28.0 Å². The molecule has 0 aliphatic rings. The van der Waals surface area contributed by atoms with Crippen LogP contribution in [0.3, 0.4) is 0 Å². The Balaban J connectivity index is 1.99. The van der Waals surface area contributed by atoms with Crippen LogP contribution < -0.4 is 0 Å². The average molecular weight is 288 g/mol. The van der Waals surface area contributed by atoms with Crippen LogP contribution in [0.2, 0.25) is 0 Å². The van der Waals surface area contributed by atoms with Crippen LogP contribution in [-0.2, 0) is 6.42 Å². The maximum absolute atomic E-state index is 13.1. The molecule has 2 heterocycles. The van der Waals surface area contributed by atoms with Crippen molar-refractivity contribution < 1.29 is 9.18 Å².